The molecular formula is C26H29ClN4O5. The molecule has 0 spiro atoms. The lowest BCUT2D eigenvalue weighted by molar-refractivity contribution is -0.389. The molecule has 2 aromatic carbocycles. The molecule has 9 nitrogen and oxygen atoms in total. The Labute approximate surface area is 214 Å². The SMILES string of the molecule is C[C@]1(COc2ccc(N3CCC(COc4ccc(CCl)cc4)CC3)cc2)Cn2cc([N+](=O)[O-])nc2O1. The maximum absolute atomic E-state index is 10.9. The van der Waals surface area contributed by atoms with Crippen molar-refractivity contribution in [1.82, 2.24) is 9.55 Å². The first-order valence-electron chi connectivity index (χ1n) is 12.1. The number of halogens is 1. The summed E-state index contributed by atoms with van der Waals surface area (Å²) in [6, 6.07) is 16.3. The minimum atomic E-state index is -0.633. The van der Waals surface area contributed by atoms with Crippen molar-refractivity contribution in [2.75, 3.05) is 31.2 Å². The van der Waals surface area contributed by atoms with Crippen LogP contribution in [0.4, 0.5) is 11.5 Å². The number of nitrogens with zero attached hydrogens (tertiary/aromatic N) is 4. The van der Waals surface area contributed by atoms with Gasteiger partial charge in [0.05, 0.1) is 13.2 Å². The summed E-state index contributed by atoms with van der Waals surface area (Å²) in [6.07, 6.45) is 3.56. The summed E-state index contributed by atoms with van der Waals surface area (Å²) in [5, 5.41) is 10.9. The van der Waals surface area contributed by atoms with Gasteiger partial charge in [0.15, 0.2) is 5.60 Å². The molecule has 3 heterocycles. The molecule has 5 rings (SSSR count). The molecule has 190 valence electrons. The number of rotatable bonds is 9. The Bertz CT molecular complexity index is 1170. The first kappa shape index (κ1) is 24.2. The molecule has 36 heavy (non-hydrogen) atoms. The van der Waals surface area contributed by atoms with Gasteiger partial charge < -0.3 is 29.2 Å². The molecule has 2 aliphatic rings. The van der Waals surface area contributed by atoms with Crippen molar-refractivity contribution in [2.24, 2.45) is 5.92 Å². The third-order valence-corrected chi connectivity index (χ3v) is 6.99. The summed E-state index contributed by atoms with van der Waals surface area (Å²) in [7, 11) is 0. The molecule has 1 saturated heterocycles. The van der Waals surface area contributed by atoms with Gasteiger partial charge in [-0.2, -0.15) is 0 Å². The van der Waals surface area contributed by atoms with E-state index in [4.69, 9.17) is 25.8 Å². The van der Waals surface area contributed by atoms with Gasteiger partial charge in [0, 0.05) is 29.6 Å². The average molecular weight is 513 g/mol. The first-order chi connectivity index (χ1) is 17.4. The van der Waals surface area contributed by atoms with Crippen LogP contribution < -0.4 is 19.1 Å². The zero-order chi connectivity index (χ0) is 25.1. The van der Waals surface area contributed by atoms with E-state index in [2.05, 4.69) is 22.0 Å². The highest BCUT2D eigenvalue weighted by Crippen LogP contribution is 2.32. The van der Waals surface area contributed by atoms with Crippen LogP contribution in [0.2, 0.25) is 0 Å². The number of imidazole rings is 1. The summed E-state index contributed by atoms with van der Waals surface area (Å²) >= 11 is 5.85. The van der Waals surface area contributed by atoms with E-state index < -0.39 is 10.5 Å². The quantitative estimate of drug-likeness (QED) is 0.225. The number of fused-ring (bicyclic) bond motifs is 1. The molecule has 0 radical (unpaired) electrons. The van der Waals surface area contributed by atoms with Crippen LogP contribution in [-0.4, -0.2) is 46.4 Å². The zero-order valence-corrected chi connectivity index (χ0v) is 20.9. The number of piperidine rings is 1. The van der Waals surface area contributed by atoms with Crippen LogP contribution in [0.25, 0.3) is 0 Å². The van der Waals surface area contributed by atoms with Crippen LogP contribution in [0, 0.1) is 16.0 Å². The molecule has 0 aliphatic carbocycles. The van der Waals surface area contributed by atoms with Crippen molar-refractivity contribution < 1.29 is 19.1 Å². The molecule has 3 aromatic rings. The van der Waals surface area contributed by atoms with Gasteiger partial charge in [-0.25, -0.2) is 0 Å². The Morgan fingerprint density at radius 3 is 2.42 bits per heavy atom. The molecule has 10 heteroatoms. The van der Waals surface area contributed by atoms with Crippen LogP contribution >= 0.6 is 11.6 Å². The molecule has 1 atom stereocenters. The van der Waals surface area contributed by atoms with E-state index in [-0.39, 0.29) is 11.8 Å². The largest absolute Gasteiger partial charge is 0.493 e. The summed E-state index contributed by atoms with van der Waals surface area (Å²) in [4.78, 5) is 16.7. The predicted octanol–water partition coefficient (Wildman–Crippen LogP) is 5.06. The molecular weight excluding hydrogens is 484 g/mol. The van der Waals surface area contributed by atoms with Gasteiger partial charge in [-0.15, -0.1) is 11.6 Å². The van der Waals surface area contributed by atoms with E-state index in [1.165, 1.54) is 11.9 Å². The second kappa shape index (κ2) is 10.3. The number of hydrogen-bond acceptors (Lipinski definition) is 7. The zero-order valence-electron chi connectivity index (χ0n) is 20.1. The third kappa shape index (κ3) is 5.51. The fourth-order valence-corrected chi connectivity index (χ4v) is 4.77. The second-order valence-corrected chi connectivity index (χ2v) is 9.89. The molecule has 2 aliphatic heterocycles. The summed E-state index contributed by atoms with van der Waals surface area (Å²) in [5.41, 5.74) is 1.64. The average Bonchev–Trinajstić information content (AvgIpc) is 3.43. The topological polar surface area (TPSA) is 91.9 Å². The smallest absolute Gasteiger partial charge is 0.415 e. The van der Waals surface area contributed by atoms with Crippen molar-refractivity contribution >= 4 is 23.1 Å². The maximum atomic E-state index is 10.9. The maximum Gasteiger partial charge on any atom is 0.415 e. The summed E-state index contributed by atoms with van der Waals surface area (Å²) in [6.45, 7) is 5.37. The standard InChI is InChI=1S/C26H29ClN4O5/c1-26(17-30-15-24(31(32)33)28-25(30)36-26)18-35-23-8-4-21(5-9-23)29-12-10-20(11-13-29)16-34-22-6-2-19(14-27)3-7-22/h2-9,15,20H,10-14,16-18H2,1H3/t26-/m1/s1. The van der Waals surface area contributed by atoms with Gasteiger partial charge in [-0.3, -0.25) is 4.57 Å². The van der Waals surface area contributed by atoms with E-state index in [1.54, 1.807) is 4.57 Å². The number of hydrogen-bond donors (Lipinski definition) is 0. The molecule has 1 aromatic heterocycles. The predicted molar refractivity (Wildman–Crippen MR) is 136 cm³/mol. The minimum Gasteiger partial charge on any atom is -0.493 e. The highest BCUT2D eigenvalue weighted by atomic mass is 35.5. The number of ether oxygens (including phenoxy) is 3. The lowest BCUT2D eigenvalue weighted by Crippen LogP contribution is -2.38. The number of benzene rings is 2. The lowest BCUT2D eigenvalue weighted by Gasteiger charge is -2.33. The van der Waals surface area contributed by atoms with Crippen LogP contribution in [0.3, 0.4) is 0 Å². The Morgan fingerprint density at radius 1 is 1.11 bits per heavy atom. The molecule has 0 saturated carbocycles. The Balaban J connectivity index is 1.06. The summed E-state index contributed by atoms with van der Waals surface area (Å²) < 4.78 is 19.4. The van der Waals surface area contributed by atoms with Gasteiger partial charge in [-0.05, 0) is 72.6 Å². The Kier molecular flexibility index (Phi) is 6.91. The van der Waals surface area contributed by atoms with E-state index >= 15 is 0 Å². The van der Waals surface area contributed by atoms with Gasteiger partial charge in [-0.1, -0.05) is 12.1 Å². The second-order valence-electron chi connectivity index (χ2n) is 9.62. The van der Waals surface area contributed by atoms with Gasteiger partial charge in [0.2, 0.25) is 0 Å². The highest BCUT2D eigenvalue weighted by Gasteiger charge is 2.41. The molecule has 0 N–H and O–H groups in total. The van der Waals surface area contributed by atoms with E-state index in [0.29, 0.717) is 24.9 Å². The number of aromatic nitrogens is 2. The van der Waals surface area contributed by atoms with Crippen LogP contribution in [0.15, 0.2) is 54.7 Å². The molecule has 0 amide bonds. The number of nitro groups is 1. The van der Waals surface area contributed by atoms with Crippen molar-refractivity contribution in [2.45, 2.75) is 37.8 Å². The molecule has 0 unspecified atom stereocenters. The van der Waals surface area contributed by atoms with Gasteiger partial charge in [0.25, 0.3) is 0 Å². The van der Waals surface area contributed by atoms with Crippen LogP contribution in [0.5, 0.6) is 17.5 Å². The number of anilines is 1. The Hall–Kier alpha value is -3.46. The normalized spacial score (nSPS) is 19.6. The molecule has 0 bridgehead atoms. The van der Waals surface area contributed by atoms with E-state index in [9.17, 15) is 10.1 Å². The van der Waals surface area contributed by atoms with Crippen molar-refractivity contribution in [1.29, 1.82) is 0 Å². The first-order valence-corrected chi connectivity index (χ1v) is 12.6. The molecule has 1 fully saturated rings. The van der Waals surface area contributed by atoms with Crippen molar-refractivity contribution in [3.05, 3.63) is 70.4 Å². The van der Waals surface area contributed by atoms with Crippen LogP contribution in [0.1, 0.15) is 25.3 Å². The third-order valence-electron chi connectivity index (χ3n) is 6.68. The fraction of sp³-hybridized carbons (Fsp3) is 0.423. The number of alkyl halides is 1. The summed E-state index contributed by atoms with van der Waals surface area (Å²) in [5.74, 6) is 2.49. The fourth-order valence-electron chi connectivity index (χ4n) is 4.59. The van der Waals surface area contributed by atoms with Gasteiger partial charge >= 0.3 is 11.8 Å². The monoisotopic (exact) mass is 512 g/mol. The van der Waals surface area contributed by atoms with Gasteiger partial charge in [0.1, 0.15) is 24.3 Å². The van der Waals surface area contributed by atoms with E-state index in [1.807, 2.05) is 43.3 Å². The minimum absolute atomic E-state index is 0.211. The van der Waals surface area contributed by atoms with E-state index in [0.717, 1.165) is 49.6 Å². The Morgan fingerprint density at radius 2 is 1.78 bits per heavy atom. The van der Waals surface area contributed by atoms with Crippen molar-refractivity contribution in [3.63, 3.8) is 0 Å². The van der Waals surface area contributed by atoms with Crippen molar-refractivity contribution in [3.8, 4) is 17.5 Å². The lowest BCUT2D eigenvalue weighted by atomic mass is 9.97. The highest BCUT2D eigenvalue weighted by molar-refractivity contribution is 6.17. The van der Waals surface area contributed by atoms with Crippen LogP contribution in [-0.2, 0) is 12.4 Å².